The summed E-state index contributed by atoms with van der Waals surface area (Å²) in [5, 5.41) is 13.8. The maximum absolute atomic E-state index is 13.3. The lowest BCUT2D eigenvalue weighted by Gasteiger charge is -2.37. The topological polar surface area (TPSA) is 92.2 Å². The third kappa shape index (κ3) is 3.83. The minimum absolute atomic E-state index is 0.0948. The molecule has 0 unspecified atom stereocenters. The fraction of sp³-hybridized carbons (Fsp3) is 0.545. The zero-order chi connectivity index (χ0) is 21.4. The van der Waals surface area contributed by atoms with Crippen LogP contribution in [0.3, 0.4) is 0 Å². The molecule has 1 aliphatic carbocycles. The van der Waals surface area contributed by atoms with E-state index in [0.717, 1.165) is 61.5 Å². The Labute approximate surface area is 181 Å². The second-order valence-corrected chi connectivity index (χ2v) is 8.67. The van der Waals surface area contributed by atoms with Crippen molar-refractivity contribution in [3.63, 3.8) is 0 Å². The Morgan fingerprint density at radius 2 is 1.90 bits per heavy atom. The molecule has 2 fully saturated rings. The number of likely N-dealkylation sites (N-methyl/N-ethyl adjacent to an activating group) is 1. The number of fused-ring (bicyclic) bond motifs is 1. The summed E-state index contributed by atoms with van der Waals surface area (Å²) in [4.78, 5) is 21.0. The van der Waals surface area contributed by atoms with Gasteiger partial charge in [-0.15, -0.1) is 5.10 Å². The highest BCUT2D eigenvalue weighted by molar-refractivity contribution is 5.80. The van der Waals surface area contributed by atoms with E-state index in [1.807, 2.05) is 28.9 Å². The van der Waals surface area contributed by atoms with E-state index in [-0.39, 0.29) is 11.6 Å². The van der Waals surface area contributed by atoms with Crippen LogP contribution in [0.1, 0.15) is 49.2 Å². The van der Waals surface area contributed by atoms with Crippen molar-refractivity contribution >= 4 is 10.9 Å². The Hall–Kier alpha value is -2.78. The highest BCUT2D eigenvalue weighted by Crippen LogP contribution is 2.34. The Bertz CT molecular complexity index is 1110. The predicted octanol–water partition coefficient (Wildman–Crippen LogP) is 1.98. The number of ether oxygens (including phenoxy) is 1. The summed E-state index contributed by atoms with van der Waals surface area (Å²) in [6, 6.07) is 7.69. The normalized spacial score (nSPS) is 19.8. The Kier molecular flexibility index (Phi) is 5.45. The number of hydrogen-bond acceptors (Lipinski definition) is 7. The van der Waals surface area contributed by atoms with Crippen LogP contribution < -0.4 is 10.3 Å². The molecule has 1 saturated carbocycles. The highest BCUT2D eigenvalue weighted by Gasteiger charge is 2.34. The van der Waals surface area contributed by atoms with Gasteiger partial charge in [0.05, 0.1) is 13.2 Å². The van der Waals surface area contributed by atoms with Crippen molar-refractivity contribution in [1.82, 2.24) is 35.0 Å². The van der Waals surface area contributed by atoms with Gasteiger partial charge in [0, 0.05) is 42.6 Å². The van der Waals surface area contributed by atoms with Crippen LogP contribution in [-0.4, -0.2) is 75.3 Å². The molecule has 1 aliphatic heterocycles. The molecule has 1 aromatic carbocycles. The van der Waals surface area contributed by atoms with Gasteiger partial charge in [-0.3, -0.25) is 9.69 Å². The first kappa shape index (κ1) is 20.1. The SMILES string of the molecule is COc1ccc2[nH]c(=O)c([C@@H](c3nnnn3C3CCCC3)N3CCN(C)CC3)cc2c1. The Morgan fingerprint density at radius 3 is 2.65 bits per heavy atom. The molecule has 1 N–H and O–H groups in total. The van der Waals surface area contributed by atoms with Gasteiger partial charge in [-0.2, -0.15) is 0 Å². The van der Waals surface area contributed by atoms with Gasteiger partial charge in [-0.1, -0.05) is 12.8 Å². The molecule has 1 saturated heterocycles. The quantitative estimate of drug-likeness (QED) is 0.671. The first-order chi connectivity index (χ1) is 15.1. The lowest BCUT2D eigenvalue weighted by atomic mass is 10.0. The van der Waals surface area contributed by atoms with Crippen LogP contribution in [0.5, 0.6) is 5.75 Å². The van der Waals surface area contributed by atoms with Gasteiger partial charge in [0.15, 0.2) is 5.82 Å². The highest BCUT2D eigenvalue weighted by atomic mass is 16.5. The number of hydrogen-bond donors (Lipinski definition) is 1. The van der Waals surface area contributed by atoms with Gasteiger partial charge >= 0.3 is 0 Å². The van der Waals surface area contributed by atoms with E-state index in [1.165, 1.54) is 12.8 Å². The third-order valence-electron chi connectivity index (χ3n) is 6.71. The van der Waals surface area contributed by atoms with Crippen LogP contribution in [0.15, 0.2) is 29.1 Å². The summed E-state index contributed by atoms with van der Waals surface area (Å²) in [5.74, 6) is 1.53. The van der Waals surface area contributed by atoms with Crippen LogP contribution in [0, 0.1) is 0 Å². The van der Waals surface area contributed by atoms with Crippen LogP contribution in [-0.2, 0) is 0 Å². The summed E-state index contributed by atoms with van der Waals surface area (Å²) in [5.41, 5.74) is 1.38. The average molecular weight is 424 g/mol. The van der Waals surface area contributed by atoms with E-state index in [4.69, 9.17) is 4.74 Å². The lowest BCUT2D eigenvalue weighted by molar-refractivity contribution is 0.120. The fourth-order valence-electron chi connectivity index (χ4n) is 4.90. The minimum Gasteiger partial charge on any atom is -0.497 e. The second kappa shape index (κ2) is 8.39. The number of nitrogens with zero attached hydrogens (tertiary/aromatic N) is 6. The van der Waals surface area contributed by atoms with Gasteiger partial charge in [-0.05, 0) is 54.6 Å². The van der Waals surface area contributed by atoms with Crippen molar-refractivity contribution in [1.29, 1.82) is 0 Å². The van der Waals surface area contributed by atoms with Crippen molar-refractivity contribution in [3.8, 4) is 5.75 Å². The predicted molar refractivity (Wildman–Crippen MR) is 117 cm³/mol. The van der Waals surface area contributed by atoms with Crippen molar-refractivity contribution in [2.45, 2.75) is 37.8 Å². The standard InChI is InChI=1S/C22H29N7O2/c1-27-9-11-28(12-10-27)20(21-24-25-26-29(21)16-5-3-4-6-16)18-14-15-13-17(31-2)7-8-19(15)23-22(18)30/h7-8,13-14,16,20H,3-6,9-12H2,1-2H3,(H,23,30)/t20-/m0/s1. The zero-order valence-electron chi connectivity index (χ0n) is 18.1. The molecule has 2 aliphatic rings. The number of H-pyrrole nitrogens is 1. The first-order valence-electron chi connectivity index (χ1n) is 11.1. The summed E-state index contributed by atoms with van der Waals surface area (Å²) in [6.45, 7) is 3.60. The fourth-order valence-corrected chi connectivity index (χ4v) is 4.90. The molecular formula is C22H29N7O2. The summed E-state index contributed by atoms with van der Waals surface area (Å²) >= 11 is 0. The van der Waals surface area contributed by atoms with Crippen LogP contribution in [0.2, 0.25) is 0 Å². The number of aromatic amines is 1. The molecule has 31 heavy (non-hydrogen) atoms. The van der Waals surface area contributed by atoms with Crippen molar-refractivity contribution in [3.05, 3.63) is 46.0 Å². The van der Waals surface area contributed by atoms with E-state index >= 15 is 0 Å². The van der Waals surface area contributed by atoms with Gasteiger partial charge < -0.3 is 14.6 Å². The van der Waals surface area contributed by atoms with Gasteiger partial charge in [0.2, 0.25) is 0 Å². The molecule has 3 aromatic rings. The first-order valence-corrected chi connectivity index (χ1v) is 11.1. The van der Waals surface area contributed by atoms with Gasteiger partial charge in [0.25, 0.3) is 5.56 Å². The second-order valence-electron chi connectivity index (χ2n) is 8.67. The number of piperazine rings is 1. The number of nitrogens with one attached hydrogen (secondary N) is 1. The number of benzene rings is 1. The molecule has 2 aromatic heterocycles. The van der Waals surface area contributed by atoms with E-state index < -0.39 is 0 Å². The van der Waals surface area contributed by atoms with Crippen molar-refractivity contribution in [2.24, 2.45) is 0 Å². The van der Waals surface area contributed by atoms with Crippen molar-refractivity contribution in [2.75, 3.05) is 40.3 Å². The molecule has 5 rings (SSSR count). The molecule has 9 heteroatoms. The zero-order valence-corrected chi connectivity index (χ0v) is 18.1. The molecule has 164 valence electrons. The molecule has 1 atom stereocenters. The maximum atomic E-state index is 13.3. The molecule has 0 amide bonds. The summed E-state index contributed by atoms with van der Waals surface area (Å²) in [7, 11) is 3.78. The van der Waals surface area contributed by atoms with E-state index in [1.54, 1.807) is 7.11 Å². The van der Waals surface area contributed by atoms with Crippen LogP contribution in [0.4, 0.5) is 0 Å². The number of tetrazole rings is 1. The van der Waals surface area contributed by atoms with E-state index in [2.05, 4.69) is 37.4 Å². The number of pyridine rings is 1. The number of rotatable bonds is 5. The monoisotopic (exact) mass is 423 g/mol. The average Bonchev–Trinajstić information content (AvgIpc) is 3.47. The lowest BCUT2D eigenvalue weighted by Crippen LogP contribution is -2.47. The molecule has 0 spiro atoms. The van der Waals surface area contributed by atoms with E-state index in [9.17, 15) is 4.79 Å². The summed E-state index contributed by atoms with van der Waals surface area (Å²) in [6.07, 6.45) is 4.55. The molecule has 0 radical (unpaired) electrons. The Balaban J connectivity index is 1.63. The summed E-state index contributed by atoms with van der Waals surface area (Å²) < 4.78 is 7.37. The third-order valence-corrected chi connectivity index (χ3v) is 6.71. The smallest absolute Gasteiger partial charge is 0.253 e. The van der Waals surface area contributed by atoms with E-state index in [0.29, 0.717) is 11.6 Å². The molecule has 3 heterocycles. The van der Waals surface area contributed by atoms with Crippen molar-refractivity contribution < 1.29 is 4.74 Å². The number of aromatic nitrogens is 5. The maximum Gasteiger partial charge on any atom is 0.253 e. The largest absolute Gasteiger partial charge is 0.497 e. The minimum atomic E-state index is -0.288. The van der Waals surface area contributed by atoms with Crippen LogP contribution >= 0.6 is 0 Å². The Morgan fingerprint density at radius 1 is 1.13 bits per heavy atom. The molecule has 0 bridgehead atoms. The molecule has 9 nitrogen and oxygen atoms in total. The van der Waals surface area contributed by atoms with Gasteiger partial charge in [-0.25, -0.2) is 4.68 Å². The van der Waals surface area contributed by atoms with Gasteiger partial charge in [0.1, 0.15) is 11.8 Å². The van der Waals surface area contributed by atoms with Crippen LogP contribution in [0.25, 0.3) is 10.9 Å². The number of methoxy groups -OCH3 is 1. The molecular weight excluding hydrogens is 394 g/mol.